The molecule has 0 aliphatic heterocycles. The summed E-state index contributed by atoms with van der Waals surface area (Å²) in [5.74, 6) is -1.97. The van der Waals surface area contributed by atoms with E-state index in [1.54, 1.807) is 13.0 Å². The van der Waals surface area contributed by atoms with Crippen molar-refractivity contribution < 1.29 is 41.8 Å². The maximum atomic E-state index is 12.9. The zero-order valence-electron chi connectivity index (χ0n) is 21.8. The predicted octanol–water partition coefficient (Wildman–Crippen LogP) is 3.50. The largest absolute Gasteiger partial charge is 0.490 e. The molecule has 2 rings (SSSR count). The quantitative estimate of drug-likeness (QED) is 0.151. The summed E-state index contributed by atoms with van der Waals surface area (Å²) in [5, 5.41) is 8.57. The molecule has 0 unspecified atom stereocenters. The van der Waals surface area contributed by atoms with Gasteiger partial charge in [0.1, 0.15) is 0 Å². The number of ether oxygens (including phenoxy) is 3. The van der Waals surface area contributed by atoms with Crippen LogP contribution >= 0.6 is 0 Å². The maximum absolute atomic E-state index is 12.9. The SMILES string of the molecule is CCOc1cc(/C=N\NC(=O)C(=O)NCCCOC(C)C)ccc1OCC(=O)Nc1cccc(C(F)(F)F)c1. The fourth-order valence-corrected chi connectivity index (χ4v) is 3.00. The third-order valence-electron chi connectivity index (χ3n) is 4.74. The number of hydrogen-bond donors (Lipinski definition) is 3. The van der Waals surface area contributed by atoms with E-state index in [1.165, 1.54) is 30.5 Å². The summed E-state index contributed by atoms with van der Waals surface area (Å²) in [6.45, 7) is 6.05. The average molecular weight is 553 g/mol. The van der Waals surface area contributed by atoms with Gasteiger partial charge >= 0.3 is 18.0 Å². The number of nitrogens with one attached hydrogen (secondary N) is 3. The summed E-state index contributed by atoms with van der Waals surface area (Å²) in [5.41, 5.74) is 1.71. The number of carbonyl (C=O) groups excluding carboxylic acids is 3. The summed E-state index contributed by atoms with van der Waals surface area (Å²) in [6, 6.07) is 8.84. The number of rotatable bonds is 13. The Balaban J connectivity index is 1.89. The molecule has 0 radical (unpaired) electrons. The number of alkyl halides is 3. The maximum Gasteiger partial charge on any atom is 0.416 e. The number of anilines is 1. The lowest BCUT2D eigenvalue weighted by Gasteiger charge is -2.13. The molecule has 0 atom stereocenters. The van der Waals surface area contributed by atoms with E-state index in [9.17, 15) is 27.6 Å². The van der Waals surface area contributed by atoms with Gasteiger partial charge in [0, 0.05) is 18.8 Å². The molecule has 0 spiro atoms. The van der Waals surface area contributed by atoms with Gasteiger partial charge in [-0.05, 0) is 69.2 Å². The van der Waals surface area contributed by atoms with E-state index in [1.807, 2.05) is 13.8 Å². The van der Waals surface area contributed by atoms with Crippen LogP contribution < -0.4 is 25.5 Å². The molecule has 0 saturated heterocycles. The lowest BCUT2D eigenvalue weighted by molar-refractivity contribution is -0.139. The highest BCUT2D eigenvalue weighted by atomic mass is 19.4. The van der Waals surface area contributed by atoms with Crippen LogP contribution in [-0.4, -0.2) is 56.4 Å². The Bertz CT molecular complexity index is 1150. The van der Waals surface area contributed by atoms with Crippen molar-refractivity contribution in [1.29, 1.82) is 0 Å². The minimum absolute atomic E-state index is 0.0223. The number of carbonyl (C=O) groups is 3. The van der Waals surface area contributed by atoms with Gasteiger partial charge in [-0.15, -0.1) is 0 Å². The van der Waals surface area contributed by atoms with Crippen molar-refractivity contribution in [2.75, 3.05) is 31.7 Å². The molecule has 0 saturated carbocycles. The highest BCUT2D eigenvalue weighted by Crippen LogP contribution is 2.31. The molecule has 0 bridgehead atoms. The lowest BCUT2D eigenvalue weighted by atomic mass is 10.2. The van der Waals surface area contributed by atoms with Crippen molar-refractivity contribution in [2.24, 2.45) is 5.10 Å². The van der Waals surface area contributed by atoms with Crippen LogP contribution in [0.5, 0.6) is 11.5 Å². The molecule has 0 fully saturated rings. The monoisotopic (exact) mass is 552 g/mol. The van der Waals surface area contributed by atoms with Crippen LogP contribution in [0.3, 0.4) is 0 Å². The molecule has 0 aliphatic carbocycles. The van der Waals surface area contributed by atoms with E-state index in [4.69, 9.17) is 14.2 Å². The highest BCUT2D eigenvalue weighted by molar-refractivity contribution is 6.35. The molecule has 3 N–H and O–H groups in total. The second kappa shape index (κ2) is 15.3. The highest BCUT2D eigenvalue weighted by Gasteiger charge is 2.30. The molecule has 13 heteroatoms. The van der Waals surface area contributed by atoms with Crippen LogP contribution in [0.2, 0.25) is 0 Å². The van der Waals surface area contributed by atoms with Crippen molar-refractivity contribution in [1.82, 2.24) is 10.7 Å². The molecule has 3 amide bonds. The summed E-state index contributed by atoms with van der Waals surface area (Å²) < 4.78 is 54.9. The Morgan fingerprint density at radius 3 is 2.49 bits per heavy atom. The summed E-state index contributed by atoms with van der Waals surface area (Å²) >= 11 is 0. The van der Waals surface area contributed by atoms with E-state index < -0.39 is 36.1 Å². The minimum atomic E-state index is -4.54. The number of halogens is 3. The van der Waals surface area contributed by atoms with Gasteiger partial charge in [0.05, 0.1) is 24.5 Å². The minimum Gasteiger partial charge on any atom is -0.490 e. The van der Waals surface area contributed by atoms with E-state index in [0.29, 0.717) is 18.6 Å². The Morgan fingerprint density at radius 1 is 1.03 bits per heavy atom. The molecule has 10 nitrogen and oxygen atoms in total. The zero-order chi connectivity index (χ0) is 28.8. The Hall–Kier alpha value is -4.13. The molecule has 212 valence electrons. The number of hydrogen-bond acceptors (Lipinski definition) is 7. The molecular formula is C26H31F3N4O6. The molecule has 2 aromatic carbocycles. The van der Waals surface area contributed by atoms with E-state index in [-0.39, 0.29) is 36.4 Å². The van der Waals surface area contributed by atoms with Crippen molar-refractivity contribution in [3.63, 3.8) is 0 Å². The molecule has 2 aromatic rings. The molecule has 0 heterocycles. The molecule has 0 aromatic heterocycles. The molecule has 39 heavy (non-hydrogen) atoms. The van der Waals surface area contributed by atoms with E-state index >= 15 is 0 Å². The summed E-state index contributed by atoms with van der Waals surface area (Å²) in [6.07, 6.45) is -2.61. The van der Waals surface area contributed by atoms with Crippen molar-refractivity contribution >= 4 is 29.6 Å². The first-order valence-electron chi connectivity index (χ1n) is 12.1. The first-order valence-corrected chi connectivity index (χ1v) is 12.1. The van der Waals surface area contributed by atoms with Gasteiger partial charge < -0.3 is 24.8 Å². The standard InChI is InChI=1S/C26H31F3N4O6/c1-4-37-22-13-18(15-31-33-25(36)24(35)30-11-6-12-38-17(2)3)9-10-21(22)39-16-23(34)32-20-8-5-7-19(14-20)26(27,28)29/h5,7-10,13-15,17H,4,6,11-12,16H2,1-3H3,(H,30,35)(H,32,34)(H,33,36)/b31-15-. The van der Waals surface area contributed by atoms with Crippen molar-refractivity contribution in [2.45, 2.75) is 39.5 Å². The van der Waals surface area contributed by atoms with Crippen LogP contribution in [0, 0.1) is 0 Å². The normalized spacial score (nSPS) is 11.4. The summed E-state index contributed by atoms with van der Waals surface area (Å²) in [4.78, 5) is 35.9. The topological polar surface area (TPSA) is 127 Å². The Labute approximate surface area is 223 Å². The second-order valence-corrected chi connectivity index (χ2v) is 8.28. The Morgan fingerprint density at radius 2 is 1.79 bits per heavy atom. The number of hydrazone groups is 1. The van der Waals surface area contributed by atoms with Gasteiger partial charge in [-0.1, -0.05) is 6.07 Å². The number of nitrogens with zero attached hydrogens (tertiary/aromatic N) is 1. The smallest absolute Gasteiger partial charge is 0.416 e. The third kappa shape index (κ3) is 11.4. The van der Waals surface area contributed by atoms with Gasteiger partial charge in [0.25, 0.3) is 5.91 Å². The fraction of sp³-hybridized carbons (Fsp3) is 0.385. The van der Waals surface area contributed by atoms with Gasteiger partial charge in [-0.2, -0.15) is 18.3 Å². The van der Waals surface area contributed by atoms with Crippen LogP contribution in [0.25, 0.3) is 0 Å². The molecular weight excluding hydrogens is 521 g/mol. The summed E-state index contributed by atoms with van der Waals surface area (Å²) in [7, 11) is 0. The number of amides is 3. The van der Waals surface area contributed by atoms with Crippen molar-refractivity contribution in [3.8, 4) is 11.5 Å². The van der Waals surface area contributed by atoms with Crippen LogP contribution in [0.4, 0.5) is 18.9 Å². The second-order valence-electron chi connectivity index (χ2n) is 8.28. The molecule has 0 aliphatic rings. The third-order valence-corrected chi connectivity index (χ3v) is 4.74. The van der Waals surface area contributed by atoms with Gasteiger partial charge in [-0.25, -0.2) is 5.43 Å². The fourth-order valence-electron chi connectivity index (χ4n) is 3.00. The van der Waals surface area contributed by atoms with E-state index in [0.717, 1.165) is 12.1 Å². The van der Waals surface area contributed by atoms with Crippen LogP contribution in [0.1, 0.15) is 38.3 Å². The van der Waals surface area contributed by atoms with Gasteiger partial charge in [0.15, 0.2) is 18.1 Å². The average Bonchev–Trinajstić information content (AvgIpc) is 2.87. The van der Waals surface area contributed by atoms with Crippen molar-refractivity contribution in [3.05, 3.63) is 53.6 Å². The first-order chi connectivity index (χ1) is 18.5. The van der Waals surface area contributed by atoms with E-state index in [2.05, 4.69) is 21.2 Å². The Kier molecular flexibility index (Phi) is 12.2. The van der Waals surface area contributed by atoms with Gasteiger partial charge in [0.2, 0.25) is 0 Å². The first kappa shape index (κ1) is 31.1. The van der Waals surface area contributed by atoms with Crippen LogP contribution in [0.15, 0.2) is 47.6 Å². The zero-order valence-corrected chi connectivity index (χ0v) is 21.8. The van der Waals surface area contributed by atoms with Crippen LogP contribution in [-0.2, 0) is 25.3 Å². The lowest BCUT2D eigenvalue weighted by Crippen LogP contribution is -2.38. The predicted molar refractivity (Wildman–Crippen MR) is 138 cm³/mol. The number of benzene rings is 2. The van der Waals surface area contributed by atoms with Gasteiger partial charge in [-0.3, -0.25) is 14.4 Å².